The van der Waals surface area contributed by atoms with Gasteiger partial charge in [0.25, 0.3) is 0 Å². The van der Waals surface area contributed by atoms with Crippen LogP contribution in [0.25, 0.3) is 11.1 Å². The second-order valence-corrected chi connectivity index (χ2v) is 28.6. The quantitative estimate of drug-likeness (QED) is 0.194. The topological polar surface area (TPSA) is 124 Å². The highest BCUT2D eigenvalue weighted by Crippen LogP contribution is 2.83. The molecule has 14 atom stereocenters. The Hall–Kier alpha value is -2.60. The third-order valence-corrected chi connectivity index (χ3v) is 25.0. The van der Waals surface area contributed by atoms with Gasteiger partial charge in [0.15, 0.2) is 23.0 Å². The van der Waals surface area contributed by atoms with Crippen molar-refractivity contribution in [3.8, 4) is 34.1 Å². The average Bonchev–Trinajstić information content (AvgIpc) is 4.22. The summed E-state index contributed by atoms with van der Waals surface area (Å²) >= 11 is 0. The molecule has 0 aromatic heterocycles. The number of methoxy groups -OCH3 is 2. The zero-order chi connectivity index (χ0) is 48.4. The van der Waals surface area contributed by atoms with Gasteiger partial charge in [-0.15, -0.1) is 0 Å². The van der Waals surface area contributed by atoms with Crippen LogP contribution in [-0.4, -0.2) is 117 Å². The minimum Gasteiger partial charge on any atom is -0.504 e. The van der Waals surface area contributed by atoms with Gasteiger partial charge in [0.05, 0.1) is 11.2 Å². The van der Waals surface area contributed by atoms with Crippen LogP contribution in [0, 0.1) is 44.8 Å². The number of hydrogen-bond donors (Lipinski definition) is 4. The van der Waals surface area contributed by atoms with Crippen molar-refractivity contribution in [2.75, 3.05) is 40.4 Å². The summed E-state index contributed by atoms with van der Waals surface area (Å²) in [5.74, 6) is 2.62. The van der Waals surface area contributed by atoms with Gasteiger partial charge in [0.2, 0.25) is 0 Å². The highest BCUT2D eigenvalue weighted by atomic mass is 16.6. The third-order valence-electron chi connectivity index (χ3n) is 25.0. The van der Waals surface area contributed by atoms with E-state index in [0.717, 1.165) is 102 Å². The van der Waals surface area contributed by atoms with Crippen molar-refractivity contribution in [3.63, 3.8) is 0 Å². The molecule has 8 saturated carbocycles. The van der Waals surface area contributed by atoms with Crippen molar-refractivity contribution in [1.29, 1.82) is 0 Å². The van der Waals surface area contributed by atoms with E-state index in [1.165, 1.54) is 47.9 Å². The number of ether oxygens (including phenoxy) is 4. The number of likely N-dealkylation sites (tertiary alicyclic amines) is 2. The number of fused-ring (bicyclic) bond motifs is 4. The molecular formula is C59H82N2O8. The Kier molecular flexibility index (Phi) is 8.49. The van der Waals surface area contributed by atoms with E-state index in [-0.39, 0.29) is 51.8 Å². The van der Waals surface area contributed by atoms with Crippen molar-refractivity contribution < 1.29 is 39.4 Å². The lowest BCUT2D eigenvalue weighted by Crippen LogP contribution is -2.86. The molecule has 2 aromatic rings. The molecule has 4 spiro atoms. The van der Waals surface area contributed by atoms with E-state index < -0.39 is 50.2 Å². The summed E-state index contributed by atoms with van der Waals surface area (Å²) < 4.78 is 29.0. The van der Waals surface area contributed by atoms with E-state index in [2.05, 4.69) is 77.3 Å². The van der Waals surface area contributed by atoms with Crippen LogP contribution >= 0.6 is 0 Å². The van der Waals surface area contributed by atoms with Crippen LogP contribution in [-0.2, 0) is 33.1 Å². The minimum atomic E-state index is -1.10. The SMILES string of the molecule is COC12CC[C@@]3(C[C@@H]1[C@](C)(O)C(C)(C)C)[C@H]1Cc4cc(-c5cc6c7c(c5O)O[C@H]5C8(OC)CC[C@@]9(C[C@]8(C)[C@](C)(O)C(C)(C)C)[C@@H](C6)N(CC6CC6)CC[C@]759)c(O)c5c4[C@@]3(CCN1CC1CC1)C2O5. The molecule has 8 bridgehead atoms. The predicted octanol–water partition coefficient (Wildman–Crippen LogP) is 9.20. The second-order valence-electron chi connectivity index (χ2n) is 28.6. The fourth-order valence-electron chi connectivity index (χ4n) is 20.4. The van der Waals surface area contributed by atoms with Gasteiger partial charge in [-0.3, -0.25) is 9.80 Å². The first-order valence-corrected chi connectivity index (χ1v) is 27.6. The molecule has 4 heterocycles. The highest BCUT2D eigenvalue weighted by Gasteiger charge is 2.86. The molecule has 10 heteroatoms. The molecule has 16 rings (SSSR count). The smallest absolute Gasteiger partial charge is 0.166 e. The standard InChI is InChI=1S/C59H82N2O8/c1-49(2,3)52(8,64)38-28-54-16-18-58(38,66-10)47-56(54)20-22-60(29-32-12-13-32)39(54)26-34-24-36(43(62)45(68-47)41(34)56)37-25-35-27-40-55-17-19-59(67-11,51(7,31-55)53(9,65)50(4,5)6)48-57(55,42(35)46(69-48)44(37)63)21-23-61(40)30-33-14-15-33/h24-25,32-33,38-40,47-48,62-65H,12-23,26-31H2,1-11H3/t38-,39-,40-,47?,48-,51-,52+,53-,54-,55-,56+,57+,58?,59?/m1/s1. The fraction of sp³-hybridized carbons (Fsp3) is 0.797. The van der Waals surface area contributed by atoms with E-state index in [4.69, 9.17) is 18.9 Å². The molecule has 376 valence electrons. The number of rotatable bonds is 9. The van der Waals surface area contributed by atoms with Gasteiger partial charge >= 0.3 is 0 Å². The third kappa shape index (κ3) is 4.70. The maximum atomic E-state index is 13.2. The van der Waals surface area contributed by atoms with Crippen LogP contribution < -0.4 is 9.47 Å². The van der Waals surface area contributed by atoms with Crippen molar-refractivity contribution in [1.82, 2.24) is 9.80 Å². The number of piperidine rings is 2. The molecule has 69 heavy (non-hydrogen) atoms. The van der Waals surface area contributed by atoms with Gasteiger partial charge < -0.3 is 39.4 Å². The number of phenolic OH excluding ortho intramolecular Hbond substituents is 2. The van der Waals surface area contributed by atoms with E-state index in [0.29, 0.717) is 22.6 Å². The lowest BCUT2D eigenvalue weighted by molar-refractivity contribution is -0.350. The van der Waals surface area contributed by atoms with Crippen molar-refractivity contribution >= 4 is 0 Å². The van der Waals surface area contributed by atoms with Crippen LogP contribution in [0.15, 0.2) is 12.1 Å². The van der Waals surface area contributed by atoms with Crippen molar-refractivity contribution in [2.24, 2.45) is 44.8 Å². The Balaban J connectivity index is 0.963. The Labute approximate surface area is 411 Å². The average molecular weight is 947 g/mol. The van der Waals surface area contributed by atoms with Gasteiger partial charge in [-0.2, -0.15) is 0 Å². The van der Waals surface area contributed by atoms with Gasteiger partial charge in [-0.05, 0) is 163 Å². The van der Waals surface area contributed by atoms with Crippen LogP contribution in [0.5, 0.6) is 23.0 Å². The summed E-state index contributed by atoms with van der Waals surface area (Å²) in [6.45, 7) is 23.6. The Morgan fingerprint density at radius 2 is 1.16 bits per heavy atom. The number of hydrogen-bond acceptors (Lipinski definition) is 10. The zero-order valence-corrected chi connectivity index (χ0v) is 43.7. The van der Waals surface area contributed by atoms with Gasteiger partial charge in [-0.25, -0.2) is 0 Å². The van der Waals surface area contributed by atoms with Crippen LogP contribution in [0.4, 0.5) is 0 Å². The molecule has 2 saturated heterocycles. The first kappa shape index (κ1) is 45.0. The first-order valence-electron chi connectivity index (χ1n) is 27.6. The Morgan fingerprint density at radius 1 is 0.652 bits per heavy atom. The first-order chi connectivity index (χ1) is 32.4. The van der Waals surface area contributed by atoms with E-state index in [1.54, 1.807) is 0 Å². The molecule has 0 amide bonds. The maximum Gasteiger partial charge on any atom is 0.166 e. The molecular weight excluding hydrogens is 865 g/mol. The number of benzene rings is 2. The maximum absolute atomic E-state index is 13.2. The summed E-state index contributed by atoms with van der Waals surface area (Å²) in [6.07, 6.45) is 13.2. The zero-order valence-electron chi connectivity index (χ0n) is 43.7. The summed E-state index contributed by atoms with van der Waals surface area (Å²) in [5.41, 5.74) is -0.322. The summed E-state index contributed by atoms with van der Waals surface area (Å²) in [6, 6.07) is 4.98. The van der Waals surface area contributed by atoms with Crippen molar-refractivity contribution in [2.45, 2.75) is 210 Å². The highest BCUT2D eigenvalue weighted by molar-refractivity contribution is 5.86. The number of aliphatic hydroxyl groups is 2. The molecule has 4 aliphatic heterocycles. The number of nitrogens with zero attached hydrogens (tertiary/aromatic N) is 2. The lowest BCUT2D eigenvalue weighted by atomic mass is 9.29. The number of phenols is 2. The fourth-order valence-corrected chi connectivity index (χ4v) is 20.4. The van der Waals surface area contributed by atoms with Gasteiger partial charge in [-0.1, -0.05) is 48.5 Å². The molecule has 10 nitrogen and oxygen atoms in total. The molecule has 10 fully saturated rings. The molecule has 2 aromatic carbocycles. The largest absolute Gasteiger partial charge is 0.504 e. The van der Waals surface area contributed by atoms with Crippen molar-refractivity contribution in [3.05, 3.63) is 34.4 Å². The summed E-state index contributed by atoms with van der Waals surface area (Å²) in [7, 11) is 3.68. The molecule has 0 radical (unpaired) electrons. The second kappa shape index (κ2) is 13.0. The summed E-state index contributed by atoms with van der Waals surface area (Å²) in [5, 5.41) is 52.3. The van der Waals surface area contributed by atoms with Gasteiger partial charge in [0.1, 0.15) is 23.4 Å². The molecule has 4 N–H and O–H groups in total. The monoisotopic (exact) mass is 947 g/mol. The lowest BCUT2D eigenvalue weighted by Gasteiger charge is -2.78. The number of aromatic hydroxyl groups is 2. The minimum absolute atomic E-state index is 0.0926. The Morgan fingerprint density at radius 3 is 1.65 bits per heavy atom. The van der Waals surface area contributed by atoms with E-state index in [1.807, 2.05) is 21.1 Å². The van der Waals surface area contributed by atoms with Crippen LogP contribution in [0.1, 0.15) is 162 Å². The molecule has 3 unspecified atom stereocenters. The van der Waals surface area contributed by atoms with E-state index >= 15 is 0 Å². The normalized spacial score (nSPS) is 44.8. The predicted molar refractivity (Wildman–Crippen MR) is 264 cm³/mol. The molecule has 14 aliphatic rings. The van der Waals surface area contributed by atoms with Crippen LogP contribution in [0.2, 0.25) is 0 Å². The van der Waals surface area contributed by atoms with Crippen LogP contribution in [0.3, 0.4) is 0 Å². The summed E-state index contributed by atoms with van der Waals surface area (Å²) in [4.78, 5) is 5.67. The van der Waals surface area contributed by atoms with Gasteiger partial charge in [0, 0.05) is 94.6 Å². The van der Waals surface area contributed by atoms with E-state index in [9.17, 15) is 20.4 Å². The Bertz CT molecular complexity index is 2610. The molecule has 10 aliphatic carbocycles.